The van der Waals surface area contributed by atoms with Crippen molar-refractivity contribution in [2.45, 2.75) is 33.6 Å². The third-order valence-corrected chi connectivity index (χ3v) is 4.30. The van der Waals surface area contributed by atoms with Crippen molar-refractivity contribution in [3.63, 3.8) is 0 Å². The highest BCUT2D eigenvalue weighted by Crippen LogP contribution is 2.39. The molecule has 2 amide bonds. The number of rotatable bonds is 11. The van der Waals surface area contributed by atoms with Crippen molar-refractivity contribution in [1.82, 2.24) is 10.9 Å². The Morgan fingerprint density at radius 3 is 2.03 bits per heavy atom. The minimum Gasteiger partial charge on any atom is -0.496 e. The van der Waals surface area contributed by atoms with E-state index >= 15 is 0 Å². The fourth-order valence-electron chi connectivity index (χ4n) is 2.94. The van der Waals surface area contributed by atoms with E-state index in [1.807, 2.05) is 45.0 Å². The van der Waals surface area contributed by atoms with Crippen molar-refractivity contribution < 1.29 is 28.5 Å². The Morgan fingerprint density at radius 2 is 1.45 bits per heavy atom. The van der Waals surface area contributed by atoms with Crippen LogP contribution >= 0.6 is 0 Å². The van der Waals surface area contributed by atoms with Crippen LogP contribution in [0.25, 0.3) is 0 Å². The van der Waals surface area contributed by atoms with Gasteiger partial charge in [0.15, 0.2) is 11.5 Å². The quantitative estimate of drug-likeness (QED) is 0.531. The third kappa shape index (κ3) is 6.80. The summed E-state index contributed by atoms with van der Waals surface area (Å²) >= 11 is 0. The second-order valence-electron chi connectivity index (χ2n) is 6.41. The van der Waals surface area contributed by atoms with Crippen LogP contribution in [0, 0.1) is 0 Å². The van der Waals surface area contributed by atoms with Gasteiger partial charge in [-0.3, -0.25) is 20.4 Å². The standard InChI is InChI=1S/C23H30N2O6/c1-5-29-19-14-17(15-20(30-6-2)22(19)31-7-3)23(27)25-24-21(26)13-12-16-10-8-9-11-18(16)28-4/h8-11,14-15H,5-7,12-13H2,1-4H3,(H,24,26)(H,25,27). The number of hydrazine groups is 1. The highest BCUT2D eigenvalue weighted by molar-refractivity contribution is 5.96. The molecule has 0 atom stereocenters. The molecule has 168 valence electrons. The van der Waals surface area contributed by atoms with E-state index in [4.69, 9.17) is 18.9 Å². The van der Waals surface area contributed by atoms with Gasteiger partial charge in [0.1, 0.15) is 5.75 Å². The average Bonchev–Trinajstić information content (AvgIpc) is 2.78. The molecular formula is C23H30N2O6. The van der Waals surface area contributed by atoms with Crippen LogP contribution in [0.4, 0.5) is 0 Å². The van der Waals surface area contributed by atoms with E-state index in [-0.39, 0.29) is 17.9 Å². The van der Waals surface area contributed by atoms with Crippen LogP contribution in [0.3, 0.4) is 0 Å². The SMILES string of the molecule is CCOc1cc(C(=O)NNC(=O)CCc2ccccc2OC)cc(OCC)c1OCC. The minimum absolute atomic E-state index is 0.193. The Bertz CT molecular complexity index is 857. The molecule has 0 fully saturated rings. The summed E-state index contributed by atoms with van der Waals surface area (Å²) in [4.78, 5) is 24.8. The summed E-state index contributed by atoms with van der Waals surface area (Å²) < 4.78 is 22.2. The van der Waals surface area contributed by atoms with Gasteiger partial charge in [-0.15, -0.1) is 0 Å². The summed E-state index contributed by atoms with van der Waals surface area (Å²) in [5.74, 6) is 1.17. The molecule has 0 bridgehead atoms. The molecule has 0 heterocycles. The van der Waals surface area contributed by atoms with Gasteiger partial charge in [-0.25, -0.2) is 0 Å². The van der Waals surface area contributed by atoms with Crippen molar-refractivity contribution >= 4 is 11.8 Å². The summed E-state index contributed by atoms with van der Waals surface area (Å²) in [5, 5.41) is 0. The molecule has 0 aliphatic heterocycles. The maximum Gasteiger partial charge on any atom is 0.269 e. The number of carbonyl (C=O) groups excluding carboxylic acids is 2. The van der Waals surface area contributed by atoms with Crippen molar-refractivity contribution in [2.75, 3.05) is 26.9 Å². The fraction of sp³-hybridized carbons (Fsp3) is 0.391. The Balaban J connectivity index is 2.04. The molecule has 0 radical (unpaired) electrons. The molecule has 0 spiro atoms. The van der Waals surface area contributed by atoms with Gasteiger partial charge in [0.2, 0.25) is 11.7 Å². The lowest BCUT2D eigenvalue weighted by molar-refractivity contribution is -0.121. The number of benzene rings is 2. The number of para-hydroxylation sites is 1. The summed E-state index contributed by atoms with van der Waals surface area (Å²) in [6.07, 6.45) is 0.677. The van der Waals surface area contributed by atoms with Crippen molar-refractivity contribution in [3.05, 3.63) is 47.5 Å². The van der Waals surface area contributed by atoms with Crippen LogP contribution in [0.15, 0.2) is 36.4 Å². The number of amides is 2. The zero-order valence-electron chi connectivity index (χ0n) is 18.4. The summed E-state index contributed by atoms with van der Waals surface area (Å²) in [5.41, 5.74) is 6.07. The van der Waals surface area contributed by atoms with Crippen molar-refractivity contribution in [2.24, 2.45) is 0 Å². The first kappa shape index (κ1) is 23.9. The lowest BCUT2D eigenvalue weighted by Gasteiger charge is -2.17. The van der Waals surface area contributed by atoms with Crippen LogP contribution in [0.2, 0.25) is 0 Å². The van der Waals surface area contributed by atoms with Crippen LogP contribution in [0.1, 0.15) is 43.1 Å². The van der Waals surface area contributed by atoms with Crippen LogP contribution in [-0.4, -0.2) is 38.7 Å². The van der Waals surface area contributed by atoms with Gasteiger partial charge in [-0.05, 0) is 51.0 Å². The van der Waals surface area contributed by atoms with Crippen molar-refractivity contribution in [1.29, 1.82) is 0 Å². The highest BCUT2D eigenvalue weighted by Gasteiger charge is 2.18. The number of hydrogen-bond donors (Lipinski definition) is 2. The third-order valence-electron chi connectivity index (χ3n) is 4.30. The Hall–Kier alpha value is -3.42. The molecule has 0 unspecified atom stereocenters. The molecule has 2 aromatic carbocycles. The molecule has 2 rings (SSSR count). The van der Waals surface area contributed by atoms with Gasteiger partial charge in [-0.2, -0.15) is 0 Å². The smallest absolute Gasteiger partial charge is 0.269 e. The first-order valence-corrected chi connectivity index (χ1v) is 10.3. The number of nitrogens with one attached hydrogen (secondary N) is 2. The normalized spacial score (nSPS) is 10.2. The molecule has 8 heteroatoms. The van der Waals surface area contributed by atoms with E-state index in [9.17, 15) is 9.59 Å². The summed E-state index contributed by atoms with van der Waals surface area (Å²) in [6.45, 7) is 6.75. The maximum absolute atomic E-state index is 12.6. The zero-order valence-corrected chi connectivity index (χ0v) is 18.4. The first-order valence-electron chi connectivity index (χ1n) is 10.3. The van der Waals surface area contributed by atoms with Gasteiger partial charge in [0.25, 0.3) is 5.91 Å². The second-order valence-corrected chi connectivity index (χ2v) is 6.41. The fourth-order valence-corrected chi connectivity index (χ4v) is 2.94. The maximum atomic E-state index is 12.6. The topological polar surface area (TPSA) is 95.1 Å². The van der Waals surface area contributed by atoms with Gasteiger partial charge < -0.3 is 18.9 Å². The molecule has 0 saturated heterocycles. The van der Waals surface area contributed by atoms with E-state index in [0.717, 1.165) is 11.3 Å². The monoisotopic (exact) mass is 430 g/mol. The Morgan fingerprint density at radius 1 is 0.839 bits per heavy atom. The second kappa shape index (κ2) is 12.3. The lowest BCUT2D eigenvalue weighted by atomic mass is 10.1. The highest BCUT2D eigenvalue weighted by atomic mass is 16.5. The van der Waals surface area contributed by atoms with Crippen LogP contribution < -0.4 is 29.8 Å². The first-order chi connectivity index (χ1) is 15.0. The summed E-state index contributed by atoms with van der Waals surface area (Å²) in [7, 11) is 1.59. The predicted molar refractivity (Wildman–Crippen MR) is 117 cm³/mol. The molecular weight excluding hydrogens is 400 g/mol. The average molecular weight is 431 g/mol. The molecule has 0 aliphatic rings. The Kier molecular flexibility index (Phi) is 9.48. The van der Waals surface area contributed by atoms with Crippen LogP contribution in [0.5, 0.6) is 23.0 Å². The summed E-state index contributed by atoms with van der Waals surface area (Å²) in [6, 6.07) is 10.6. The molecule has 0 aliphatic carbocycles. The van der Waals surface area contributed by atoms with E-state index < -0.39 is 5.91 Å². The van der Waals surface area contributed by atoms with Gasteiger partial charge in [-0.1, -0.05) is 18.2 Å². The van der Waals surface area contributed by atoms with Gasteiger partial charge in [0, 0.05) is 12.0 Å². The van der Waals surface area contributed by atoms with E-state index in [1.165, 1.54) is 0 Å². The van der Waals surface area contributed by atoms with Crippen molar-refractivity contribution in [3.8, 4) is 23.0 Å². The molecule has 0 aromatic heterocycles. The molecule has 31 heavy (non-hydrogen) atoms. The molecule has 2 N–H and O–H groups in total. The Labute approximate surface area is 182 Å². The number of methoxy groups -OCH3 is 1. The molecule has 0 saturated carbocycles. The van der Waals surface area contributed by atoms with E-state index in [1.54, 1.807) is 19.2 Å². The van der Waals surface area contributed by atoms with Gasteiger partial charge in [0.05, 0.1) is 26.9 Å². The van der Waals surface area contributed by atoms with Gasteiger partial charge >= 0.3 is 0 Å². The number of aryl methyl sites for hydroxylation is 1. The predicted octanol–water partition coefficient (Wildman–Crippen LogP) is 3.29. The van der Waals surface area contributed by atoms with E-state index in [0.29, 0.717) is 43.5 Å². The largest absolute Gasteiger partial charge is 0.496 e. The molecule has 8 nitrogen and oxygen atoms in total. The number of hydrogen-bond acceptors (Lipinski definition) is 6. The lowest BCUT2D eigenvalue weighted by Crippen LogP contribution is -2.41. The van der Waals surface area contributed by atoms with E-state index in [2.05, 4.69) is 10.9 Å². The zero-order chi connectivity index (χ0) is 22.6. The minimum atomic E-state index is -0.490. The number of carbonyl (C=O) groups is 2. The number of ether oxygens (including phenoxy) is 4. The molecule has 2 aromatic rings. The van der Waals surface area contributed by atoms with Crippen LogP contribution in [-0.2, 0) is 11.2 Å².